The number of aromatic nitrogens is 1. The number of hydrogen-bond donors (Lipinski definition) is 2. The lowest BCUT2D eigenvalue weighted by Crippen LogP contribution is -2.19. The van der Waals surface area contributed by atoms with Crippen molar-refractivity contribution in [3.8, 4) is 0 Å². The van der Waals surface area contributed by atoms with E-state index < -0.39 is 0 Å². The van der Waals surface area contributed by atoms with Crippen molar-refractivity contribution in [2.45, 2.75) is 33.2 Å². The molecule has 0 unspecified atom stereocenters. The molecule has 5 heteroatoms. The second-order valence-corrected chi connectivity index (χ2v) is 7.07. The minimum Gasteiger partial charge on any atom is -0.341 e. The Morgan fingerprint density at radius 1 is 1.18 bits per heavy atom. The molecule has 142 valence electrons. The highest BCUT2D eigenvalue weighted by atomic mass is 16.2. The third kappa shape index (κ3) is 3.43. The van der Waals surface area contributed by atoms with Crippen LogP contribution in [0.1, 0.15) is 31.5 Å². The Bertz CT molecular complexity index is 1110. The van der Waals surface area contributed by atoms with Crippen LogP contribution in [-0.2, 0) is 22.6 Å². The smallest absolute Gasteiger partial charge is 0.248 e. The molecule has 2 aromatic carbocycles. The number of aryl methyl sites for hydroxylation is 2. The van der Waals surface area contributed by atoms with E-state index in [2.05, 4.69) is 40.3 Å². The average Bonchev–Trinajstić information content (AvgIpc) is 3.06. The third-order valence-electron chi connectivity index (χ3n) is 5.15. The van der Waals surface area contributed by atoms with E-state index in [-0.39, 0.29) is 11.8 Å². The van der Waals surface area contributed by atoms with Crippen LogP contribution in [0.5, 0.6) is 0 Å². The highest BCUT2D eigenvalue weighted by Crippen LogP contribution is 2.27. The van der Waals surface area contributed by atoms with Gasteiger partial charge in [-0.1, -0.05) is 24.3 Å². The summed E-state index contributed by atoms with van der Waals surface area (Å²) in [5.74, 6) is -0.174. The molecule has 5 nitrogen and oxygen atoms in total. The number of nitrogens with zero attached hydrogens (tertiary/aromatic N) is 1. The fraction of sp³-hybridized carbons (Fsp3) is 0.217. The van der Waals surface area contributed by atoms with Gasteiger partial charge in [-0.05, 0) is 55.7 Å². The lowest BCUT2D eigenvalue weighted by molar-refractivity contribution is -0.116. The van der Waals surface area contributed by atoms with Gasteiger partial charge in [-0.15, -0.1) is 0 Å². The number of carbonyl (C=O) groups is 2. The highest BCUT2D eigenvalue weighted by Gasteiger charge is 2.15. The van der Waals surface area contributed by atoms with Gasteiger partial charge in [0.1, 0.15) is 0 Å². The molecule has 2 heterocycles. The molecule has 0 aliphatic carbocycles. The molecule has 0 fully saturated rings. The molecule has 1 aliphatic heterocycles. The number of benzene rings is 2. The van der Waals surface area contributed by atoms with Crippen LogP contribution in [0.15, 0.2) is 54.6 Å². The minimum absolute atomic E-state index is 0.0131. The maximum Gasteiger partial charge on any atom is 0.248 e. The fourth-order valence-electron chi connectivity index (χ4n) is 3.78. The van der Waals surface area contributed by atoms with Crippen molar-refractivity contribution >= 4 is 39.7 Å². The summed E-state index contributed by atoms with van der Waals surface area (Å²) < 4.78 is 2.21. The van der Waals surface area contributed by atoms with Gasteiger partial charge in [-0.2, -0.15) is 0 Å². The Morgan fingerprint density at radius 3 is 2.82 bits per heavy atom. The van der Waals surface area contributed by atoms with Crippen LogP contribution in [-0.4, -0.2) is 16.4 Å². The molecule has 0 saturated carbocycles. The molecule has 1 aliphatic rings. The molecule has 2 N–H and O–H groups in total. The molecule has 0 atom stereocenters. The zero-order valence-electron chi connectivity index (χ0n) is 16.1. The summed E-state index contributed by atoms with van der Waals surface area (Å²) in [4.78, 5) is 24.1. The van der Waals surface area contributed by atoms with Gasteiger partial charge in [0.05, 0.1) is 0 Å². The molecule has 1 aromatic heterocycles. The normalized spacial score (nSPS) is 13.9. The summed E-state index contributed by atoms with van der Waals surface area (Å²) >= 11 is 0. The van der Waals surface area contributed by atoms with E-state index >= 15 is 0 Å². The number of allylic oxidation sites excluding steroid dienone is 1. The van der Waals surface area contributed by atoms with Gasteiger partial charge in [0.25, 0.3) is 0 Å². The molecular formula is C23H23N3O2. The first kappa shape index (κ1) is 18.0. The average molecular weight is 373 g/mol. The first-order valence-corrected chi connectivity index (χ1v) is 9.56. The van der Waals surface area contributed by atoms with Gasteiger partial charge < -0.3 is 15.2 Å². The van der Waals surface area contributed by atoms with Crippen LogP contribution in [0.2, 0.25) is 0 Å². The Balaban J connectivity index is 1.57. The first-order valence-electron chi connectivity index (χ1n) is 9.56. The van der Waals surface area contributed by atoms with E-state index in [4.69, 9.17) is 0 Å². The molecule has 28 heavy (non-hydrogen) atoms. The predicted molar refractivity (Wildman–Crippen MR) is 113 cm³/mol. The summed E-state index contributed by atoms with van der Waals surface area (Å²) in [5.41, 5.74) is 5.65. The Kier molecular flexibility index (Phi) is 4.74. The standard InChI is InChI=1S/C23H23N3O2/c1-3-26-20-7-5-4-6-17(20)13-21(26)15(2)12-23(28)24-18-10-8-16-9-11-22(27)25-19(16)14-18/h4-8,10,12-14H,3,9,11H2,1-2H3,(H,24,28)(H,25,27)/b15-12+. The van der Waals surface area contributed by atoms with E-state index in [0.29, 0.717) is 12.1 Å². The number of rotatable bonds is 4. The molecule has 0 radical (unpaired) electrons. The lowest BCUT2D eigenvalue weighted by atomic mass is 10.0. The maximum absolute atomic E-state index is 12.6. The molecule has 0 spiro atoms. The number of para-hydroxylation sites is 1. The molecule has 0 saturated heterocycles. The summed E-state index contributed by atoms with van der Waals surface area (Å²) in [6.45, 7) is 4.89. The number of amides is 2. The topological polar surface area (TPSA) is 63.1 Å². The van der Waals surface area contributed by atoms with Gasteiger partial charge in [-0.25, -0.2) is 0 Å². The largest absolute Gasteiger partial charge is 0.341 e. The third-order valence-corrected chi connectivity index (χ3v) is 5.15. The van der Waals surface area contributed by atoms with Crippen molar-refractivity contribution in [1.82, 2.24) is 4.57 Å². The van der Waals surface area contributed by atoms with Crippen molar-refractivity contribution in [3.05, 3.63) is 65.9 Å². The number of carbonyl (C=O) groups excluding carboxylic acids is 2. The number of anilines is 2. The van der Waals surface area contributed by atoms with Crippen LogP contribution < -0.4 is 10.6 Å². The Hall–Kier alpha value is -3.34. The minimum atomic E-state index is -0.188. The van der Waals surface area contributed by atoms with Crippen molar-refractivity contribution in [2.24, 2.45) is 0 Å². The van der Waals surface area contributed by atoms with E-state index in [0.717, 1.165) is 40.9 Å². The second kappa shape index (κ2) is 7.35. The quantitative estimate of drug-likeness (QED) is 0.657. The van der Waals surface area contributed by atoms with Crippen molar-refractivity contribution < 1.29 is 9.59 Å². The molecule has 3 aromatic rings. The van der Waals surface area contributed by atoms with Gasteiger partial charge in [0, 0.05) is 47.0 Å². The van der Waals surface area contributed by atoms with E-state index in [1.165, 1.54) is 5.52 Å². The lowest BCUT2D eigenvalue weighted by Gasteiger charge is -2.17. The molecule has 4 rings (SSSR count). The summed E-state index contributed by atoms with van der Waals surface area (Å²) in [6.07, 6.45) is 2.86. The number of hydrogen-bond acceptors (Lipinski definition) is 2. The molecule has 2 amide bonds. The zero-order chi connectivity index (χ0) is 19.7. The highest BCUT2D eigenvalue weighted by molar-refractivity contribution is 6.05. The molecule has 0 bridgehead atoms. The zero-order valence-corrected chi connectivity index (χ0v) is 16.1. The SMILES string of the molecule is CCn1c(/C(C)=C/C(=O)Nc2ccc3c(c2)NC(=O)CC3)cc2ccccc21. The fourth-order valence-corrected chi connectivity index (χ4v) is 3.78. The summed E-state index contributed by atoms with van der Waals surface area (Å²) in [7, 11) is 0. The van der Waals surface area contributed by atoms with Gasteiger partial charge in [0.2, 0.25) is 11.8 Å². The van der Waals surface area contributed by atoms with Crippen LogP contribution in [0, 0.1) is 0 Å². The second-order valence-electron chi connectivity index (χ2n) is 7.07. The van der Waals surface area contributed by atoms with Gasteiger partial charge in [-0.3, -0.25) is 9.59 Å². The van der Waals surface area contributed by atoms with Crippen molar-refractivity contribution in [2.75, 3.05) is 10.6 Å². The first-order chi connectivity index (χ1) is 13.5. The van der Waals surface area contributed by atoms with Crippen molar-refractivity contribution in [3.63, 3.8) is 0 Å². The van der Waals surface area contributed by atoms with Crippen LogP contribution in [0.4, 0.5) is 11.4 Å². The van der Waals surface area contributed by atoms with Crippen LogP contribution in [0.25, 0.3) is 16.5 Å². The van der Waals surface area contributed by atoms with Gasteiger partial charge in [0.15, 0.2) is 0 Å². The number of nitrogens with one attached hydrogen (secondary N) is 2. The monoisotopic (exact) mass is 373 g/mol. The van der Waals surface area contributed by atoms with Gasteiger partial charge >= 0.3 is 0 Å². The van der Waals surface area contributed by atoms with Crippen LogP contribution >= 0.6 is 0 Å². The Labute approximate surface area is 164 Å². The summed E-state index contributed by atoms with van der Waals surface area (Å²) in [6, 6.07) is 16.0. The van der Waals surface area contributed by atoms with E-state index in [1.807, 2.05) is 37.3 Å². The van der Waals surface area contributed by atoms with Crippen molar-refractivity contribution in [1.29, 1.82) is 0 Å². The van der Waals surface area contributed by atoms with E-state index in [9.17, 15) is 9.59 Å². The predicted octanol–water partition coefficient (Wildman–Crippen LogP) is 4.59. The van der Waals surface area contributed by atoms with Crippen LogP contribution in [0.3, 0.4) is 0 Å². The maximum atomic E-state index is 12.6. The van der Waals surface area contributed by atoms with E-state index in [1.54, 1.807) is 6.08 Å². The Morgan fingerprint density at radius 2 is 2.00 bits per heavy atom. The summed E-state index contributed by atoms with van der Waals surface area (Å²) in [5, 5.41) is 6.93. The number of fused-ring (bicyclic) bond motifs is 2. The molecular weight excluding hydrogens is 350 g/mol.